The Kier molecular flexibility index (Phi) is 4.34. The third-order valence-electron chi connectivity index (χ3n) is 5.92. The lowest BCUT2D eigenvalue weighted by molar-refractivity contribution is -0.159. The summed E-state index contributed by atoms with van der Waals surface area (Å²) in [7, 11) is 1.75. The van der Waals surface area contributed by atoms with Crippen LogP contribution in [0.2, 0.25) is 0 Å². The number of ether oxygens (including phenoxy) is 2. The Balaban J connectivity index is 1.49. The van der Waals surface area contributed by atoms with Gasteiger partial charge in [0.15, 0.2) is 0 Å². The zero-order valence-corrected chi connectivity index (χ0v) is 13.0. The van der Waals surface area contributed by atoms with Crippen molar-refractivity contribution < 1.29 is 19.1 Å². The van der Waals surface area contributed by atoms with Crippen molar-refractivity contribution >= 4 is 11.8 Å². The normalized spacial score (nSPS) is 42.0. The van der Waals surface area contributed by atoms with Crippen molar-refractivity contribution in [2.45, 2.75) is 64.1 Å². The number of hydrogen-bond donors (Lipinski definition) is 0. The SMILES string of the molecule is COC1CCC(OC(=O)C2CC3CC2CC3C(C)=O)CC1. The quantitative estimate of drug-likeness (QED) is 0.748. The summed E-state index contributed by atoms with van der Waals surface area (Å²) in [4.78, 5) is 24.0. The molecule has 4 atom stereocenters. The van der Waals surface area contributed by atoms with E-state index in [1.165, 1.54) is 0 Å². The molecule has 0 aliphatic heterocycles. The van der Waals surface area contributed by atoms with E-state index in [0.717, 1.165) is 44.9 Å². The van der Waals surface area contributed by atoms with Crippen molar-refractivity contribution in [1.29, 1.82) is 0 Å². The van der Waals surface area contributed by atoms with Crippen LogP contribution in [-0.4, -0.2) is 31.1 Å². The van der Waals surface area contributed by atoms with Gasteiger partial charge in [-0.2, -0.15) is 0 Å². The number of fused-ring (bicyclic) bond motifs is 2. The van der Waals surface area contributed by atoms with E-state index in [-0.39, 0.29) is 23.9 Å². The first-order chi connectivity index (χ1) is 10.1. The number of ketones is 1. The van der Waals surface area contributed by atoms with Crippen LogP contribution in [0.4, 0.5) is 0 Å². The average Bonchev–Trinajstić information content (AvgIpc) is 3.08. The highest BCUT2D eigenvalue weighted by Crippen LogP contribution is 2.52. The minimum absolute atomic E-state index is 0.00892. The molecule has 0 amide bonds. The lowest BCUT2D eigenvalue weighted by atomic mass is 9.80. The van der Waals surface area contributed by atoms with Crippen LogP contribution < -0.4 is 0 Å². The Hall–Kier alpha value is -0.900. The maximum absolute atomic E-state index is 12.4. The lowest BCUT2D eigenvalue weighted by Gasteiger charge is -2.30. The number of carbonyl (C=O) groups is 2. The van der Waals surface area contributed by atoms with E-state index in [2.05, 4.69) is 0 Å². The Labute approximate surface area is 126 Å². The molecule has 3 rings (SSSR count). The van der Waals surface area contributed by atoms with Crippen molar-refractivity contribution in [2.75, 3.05) is 7.11 Å². The lowest BCUT2D eigenvalue weighted by Crippen LogP contribution is -2.33. The van der Waals surface area contributed by atoms with Gasteiger partial charge in [0.25, 0.3) is 0 Å². The van der Waals surface area contributed by atoms with Crippen molar-refractivity contribution in [3.63, 3.8) is 0 Å². The van der Waals surface area contributed by atoms with E-state index in [1.54, 1.807) is 14.0 Å². The molecule has 0 aromatic heterocycles. The van der Waals surface area contributed by atoms with Crippen molar-refractivity contribution in [2.24, 2.45) is 23.7 Å². The summed E-state index contributed by atoms with van der Waals surface area (Å²) in [5.41, 5.74) is 0. The molecule has 4 nitrogen and oxygen atoms in total. The third kappa shape index (κ3) is 3.01. The predicted octanol–water partition coefficient (Wildman–Crippen LogP) is 2.74. The maximum atomic E-state index is 12.4. The zero-order chi connectivity index (χ0) is 15.0. The van der Waals surface area contributed by atoms with Gasteiger partial charge in [0.05, 0.1) is 12.0 Å². The summed E-state index contributed by atoms with van der Waals surface area (Å²) in [6, 6.07) is 0. The van der Waals surface area contributed by atoms with Crippen LogP contribution >= 0.6 is 0 Å². The minimum atomic E-state index is -0.00892. The first-order valence-corrected chi connectivity index (χ1v) is 8.32. The second kappa shape index (κ2) is 6.07. The summed E-state index contributed by atoms with van der Waals surface area (Å²) < 4.78 is 11.1. The van der Waals surface area contributed by atoms with Gasteiger partial charge in [-0.15, -0.1) is 0 Å². The van der Waals surface area contributed by atoms with Gasteiger partial charge in [0, 0.05) is 13.0 Å². The fourth-order valence-corrected chi connectivity index (χ4v) is 4.70. The van der Waals surface area contributed by atoms with Gasteiger partial charge in [-0.3, -0.25) is 9.59 Å². The van der Waals surface area contributed by atoms with Gasteiger partial charge in [-0.25, -0.2) is 0 Å². The van der Waals surface area contributed by atoms with Crippen LogP contribution in [0.3, 0.4) is 0 Å². The van der Waals surface area contributed by atoms with E-state index < -0.39 is 0 Å². The Morgan fingerprint density at radius 3 is 1.95 bits per heavy atom. The molecule has 118 valence electrons. The largest absolute Gasteiger partial charge is 0.462 e. The van der Waals surface area contributed by atoms with Gasteiger partial charge in [0.1, 0.15) is 11.9 Å². The van der Waals surface area contributed by atoms with Gasteiger partial charge in [-0.1, -0.05) is 0 Å². The number of carbonyl (C=O) groups excluding carboxylic acids is 2. The van der Waals surface area contributed by atoms with Crippen molar-refractivity contribution in [3.8, 4) is 0 Å². The van der Waals surface area contributed by atoms with E-state index in [1.807, 2.05) is 0 Å². The fourth-order valence-electron chi connectivity index (χ4n) is 4.70. The number of esters is 1. The molecule has 0 N–H and O–H groups in total. The molecule has 0 saturated heterocycles. The smallest absolute Gasteiger partial charge is 0.309 e. The Morgan fingerprint density at radius 2 is 1.43 bits per heavy atom. The molecule has 21 heavy (non-hydrogen) atoms. The van der Waals surface area contributed by atoms with Crippen LogP contribution in [-0.2, 0) is 19.1 Å². The van der Waals surface area contributed by atoms with Crippen LogP contribution in [0.1, 0.15) is 51.9 Å². The van der Waals surface area contributed by atoms with E-state index in [9.17, 15) is 9.59 Å². The monoisotopic (exact) mass is 294 g/mol. The van der Waals surface area contributed by atoms with Gasteiger partial charge in [0.2, 0.25) is 0 Å². The molecule has 0 spiro atoms. The highest BCUT2D eigenvalue weighted by molar-refractivity contribution is 5.80. The second-order valence-electron chi connectivity index (χ2n) is 7.12. The first kappa shape index (κ1) is 15.0. The van der Waals surface area contributed by atoms with Crippen molar-refractivity contribution in [1.82, 2.24) is 0 Å². The molecule has 3 aliphatic carbocycles. The molecule has 3 fully saturated rings. The molecule has 0 aromatic carbocycles. The summed E-state index contributed by atoms with van der Waals surface area (Å²) >= 11 is 0. The predicted molar refractivity (Wildman–Crippen MR) is 77.6 cm³/mol. The first-order valence-electron chi connectivity index (χ1n) is 8.32. The van der Waals surface area contributed by atoms with E-state index in [0.29, 0.717) is 23.7 Å². The Morgan fingerprint density at radius 1 is 0.857 bits per heavy atom. The number of methoxy groups -OCH3 is 1. The molecule has 3 aliphatic rings. The molecule has 0 radical (unpaired) electrons. The summed E-state index contributed by atoms with van der Waals surface area (Å²) in [5, 5.41) is 0. The van der Waals surface area contributed by atoms with Gasteiger partial charge >= 0.3 is 5.97 Å². The molecule has 0 aromatic rings. The van der Waals surface area contributed by atoms with Crippen LogP contribution in [0, 0.1) is 23.7 Å². The Bertz CT molecular complexity index is 411. The molecule has 0 heterocycles. The topological polar surface area (TPSA) is 52.6 Å². The van der Waals surface area contributed by atoms with Crippen LogP contribution in [0.5, 0.6) is 0 Å². The second-order valence-corrected chi connectivity index (χ2v) is 7.12. The van der Waals surface area contributed by atoms with Gasteiger partial charge < -0.3 is 9.47 Å². The molecule has 4 heteroatoms. The third-order valence-corrected chi connectivity index (χ3v) is 5.92. The number of hydrogen-bond acceptors (Lipinski definition) is 4. The minimum Gasteiger partial charge on any atom is -0.462 e. The van der Waals surface area contributed by atoms with E-state index >= 15 is 0 Å². The highest BCUT2D eigenvalue weighted by Gasteiger charge is 2.50. The molecule has 3 saturated carbocycles. The van der Waals surface area contributed by atoms with Gasteiger partial charge in [-0.05, 0) is 63.7 Å². The molecular weight excluding hydrogens is 268 g/mol. The van der Waals surface area contributed by atoms with Crippen LogP contribution in [0.25, 0.3) is 0 Å². The number of rotatable bonds is 4. The summed E-state index contributed by atoms with van der Waals surface area (Å²) in [6.45, 7) is 1.69. The summed E-state index contributed by atoms with van der Waals surface area (Å²) in [6.07, 6.45) is 7.01. The zero-order valence-electron chi connectivity index (χ0n) is 13.0. The number of Topliss-reactive ketones (excluding diaryl/α,β-unsaturated/α-hetero) is 1. The fraction of sp³-hybridized carbons (Fsp3) is 0.882. The standard InChI is InChI=1S/C17H26O4/c1-10(18)15-8-12-7-11(15)9-16(12)17(19)21-14-5-3-13(20-2)4-6-14/h11-16H,3-9H2,1-2H3. The molecule has 4 unspecified atom stereocenters. The average molecular weight is 294 g/mol. The maximum Gasteiger partial charge on any atom is 0.309 e. The molecular formula is C17H26O4. The highest BCUT2D eigenvalue weighted by atomic mass is 16.5. The van der Waals surface area contributed by atoms with Crippen molar-refractivity contribution in [3.05, 3.63) is 0 Å². The summed E-state index contributed by atoms with van der Waals surface area (Å²) in [5.74, 6) is 1.35. The molecule has 2 bridgehead atoms. The van der Waals surface area contributed by atoms with Crippen LogP contribution in [0.15, 0.2) is 0 Å². The van der Waals surface area contributed by atoms with E-state index in [4.69, 9.17) is 9.47 Å².